The SMILES string of the molecule is C/C=C\C=C/C(C)C.CC(C)(C)O.CSN1Cc2cc(N3CCCCC3)ccc2-c2c(C)c(-c3ccc(C)cc3)c(CC(=O)O)c(C)c21. The van der Waals surface area contributed by atoms with Crippen molar-refractivity contribution in [3.8, 4) is 22.3 Å². The number of rotatable bonds is 7. The summed E-state index contributed by atoms with van der Waals surface area (Å²) in [5, 5.41) is 18.3. The predicted octanol–water partition coefficient (Wildman–Crippen LogP) is 10.7. The normalized spacial score (nSPS) is 14.3. The number of carboxylic acids is 1. The topological polar surface area (TPSA) is 64.0 Å². The van der Waals surface area contributed by atoms with Crippen LogP contribution in [0.4, 0.5) is 11.4 Å². The average molecular weight is 671 g/mol. The molecule has 0 amide bonds. The van der Waals surface area contributed by atoms with Crippen LogP contribution in [0.3, 0.4) is 0 Å². The molecular weight excluding hydrogens is 613 g/mol. The van der Waals surface area contributed by atoms with Gasteiger partial charge >= 0.3 is 5.97 Å². The second-order valence-corrected chi connectivity index (χ2v) is 15.0. The number of fused-ring (bicyclic) bond motifs is 3. The van der Waals surface area contributed by atoms with Crippen molar-refractivity contribution in [3.63, 3.8) is 0 Å². The number of anilines is 2. The number of benzene rings is 3. The van der Waals surface area contributed by atoms with Crippen LogP contribution in [0.1, 0.15) is 88.6 Å². The molecule has 5 rings (SSSR count). The Bertz CT molecular complexity index is 1570. The summed E-state index contributed by atoms with van der Waals surface area (Å²) < 4.78 is 2.35. The van der Waals surface area contributed by atoms with E-state index in [0.29, 0.717) is 5.92 Å². The van der Waals surface area contributed by atoms with E-state index in [1.165, 1.54) is 52.9 Å². The number of allylic oxidation sites excluding steroid dienone is 4. The largest absolute Gasteiger partial charge is 0.481 e. The van der Waals surface area contributed by atoms with Crippen LogP contribution in [-0.4, -0.2) is 41.1 Å². The summed E-state index contributed by atoms with van der Waals surface area (Å²) in [5.74, 6) is -0.120. The highest BCUT2D eigenvalue weighted by Crippen LogP contribution is 2.50. The van der Waals surface area contributed by atoms with E-state index in [2.05, 4.69) is 105 Å². The van der Waals surface area contributed by atoms with Gasteiger partial charge in [-0.15, -0.1) is 0 Å². The number of carboxylic acid groups (broad SMARTS) is 1. The molecule has 0 saturated carbocycles. The second kappa shape index (κ2) is 17.8. The van der Waals surface area contributed by atoms with Gasteiger partial charge in [0.05, 0.1) is 24.3 Å². The van der Waals surface area contributed by atoms with Crippen molar-refractivity contribution in [3.05, 3.63) is 94.6 Å². The van der Waals surface area contributed by atoms with E-state index >= 15 is 0 Å². The maximum absolute atomic E-state index is 12.0. The molecule has 0 radical (unpaired) electrons. The highest BCUT2D eigenvalue weighted by molar-refractivity contribution is 7.99. The first kappa shape index (κ1) is 39.0. The summed E-state index contributed by atoms with van der Waals surface area (Å²) in [6.45, 7) is 21.0. The summed E-state index contributed by atoms with van der Waals surface area (Å²) >= 11 is 1.72. The summed E-state index contributed by atoms with van der Waals surface area (Å²) in [5.41, 5.74) is 12.4. The molecule has 260 valence electrons. The molecule has 2 heterocycles. The Morgan fingerprint density at radius 1 is 0.938 bits per heavy atom. The van der Waals surface area contributed by atoms with Crippen molar-refractivity contribution in [1.82, 2.24) is 0 Å². The highest BCUT2D eigenvalue weighted by atomic mass is 32.2. The lowest BCUT2D eigenvalue weighted by molar-refractivity contribution is -0.136. The van der Waals surface area contributed by atoms with Crippen molar-refractivity contribution in [2.75, 3.05) is 28.6 Å². The number of hydrogen-bond acceptors (Lipinski definition) is 5. The van der Waals surface area contributed by atoms with Gasteiger partial charge in [0.1, 0.15) is 0 Å². The monoisotopic (exact) mass is 670 g/mol. The Balaban J connectivity index is 0.000000409. The molecule has 0 spiro atoms. The van der Waals surface area contributed by atoms with Gasteiger partial charge in [0.2, 0.25) is 0 Å². The van der Waals surface area contributed by atoms with E-state index in [9.17, 15) is 9.90 Å². The van der Waals surface area contributed by atoms with E-state index < -0.39 is 11.6 Å². The van der Waals surface area contributed by atoms with Gasteiger partial charge in [0.25, 0.3) is 0 Å². The third-order valence-electron chi connectivity index (χ3n) is 8.43. The molecule has 0 aromatic heterocycles. The van der Waals surface area contributed by atoms with Crippen LogP contribution in [0, 0.1) is 26.7 Å². The van der Waals surface area contributed by atoms with Crippen LogP contribution < -0.4 is 9.21 Å². The van der Waals surface area contributed by atoms with E-state index in [4.69, 9.17) is 5.11 Å². The van der Waals surface area contributed by atoms with Gasteiger partial charge in [-0.1, -0.05) is 86.0 Å². The Labute approximate surface area is 294 Å². The molecule has 3 aromatic rings. The smallest absolute Gasteiger partial charge is 0.307 e. The first-order valence-corrected chi connectivity index (χ1v) is 18.5. The molecule has 0 unspecified atom stereocenters. The minimum Gasteiger partial charge on any atom is -0.481 e. The fourth-order valence-corrected chi connectivity index (χ4v) is 6.94. The van der Waals surface area contributed by atoms with Crippen LogP contribution in [0.15, 0.2) is 66.8 Å². The van der Waals surface area contributed by atoms with Crippen LogP contribution >= 0.6 is 11.9 Å². The van der Waals surface area contributed by atoms with Gasteiger partial charge in [-0.3, -0.25) is 4.79 Å². The molecule has 1 saturated heterocycles. The quantitative estimate of drug-likeness (QED) is 0.193. The highest BCUT2D eigenvalue weighted by Gasteiger charge is 2.31. The van der Waals surface area contributed by atoms with Crippen LogP contribution in [-0.2, 0) is 17.8 Å². The van der Waals surface area contributed by atoms with E-state index in [1.54, 1.807) is 32.7 Å². The Kier molecular flexibility index (Phi) is 14.4. The van der Waals surface area contributed by atoms with Crippen LogP contribution in [0.5, 0.6) is 0 Å². The summed E-state index contributed by atoms with van der Waals surface area (Å²) in [6, 6.07) is 15.5. The zero-order valence-electron chi connectivity index (χ0n) is 31.0. The van der Waals surface area contributed by atoms with E-state index in [-0.39, 0.29) is 6.42 Å². The predicted molar refractivity (Wildman–Crippen MR) is 209 cm³/mol. The van der Waals surface area contributed by atoms with Crippen LogP contribution in [0.2, 0.25) is 0 Å². The number of piperidine rings is 1. The fraction of sp³-hybridized carbons (Fsp3) is 0.452. The van der Waals surface area contributed by atoms with Gasteiger partial charge in [-0.2, -0.15) is 0 Å². The van der Waals surface area contributed by atoms with Gasteiger partial charge < -0.3 is 19.4 Å². The van der Waals surface area contributed by atoms with Gasteiger partial charge in [-0.25, -0.2) is 0 Å². The molecule has 5 nitrogen and oxygen atoms in total. The molecule has 2 aliphatic rings. The van der Waals surface area contributed by atoms with Gasteiger partial charge in [0, 0.05) is 30.6 Å². The Hall–Kier alpha value is -3.48. The minimum atomic E-state index is -0.793. The lowest BCUT2D eigenvalue weighted by Gasteiger charge is -2.37. The maximum Gasteiger partial charge on any atom is 0.307 e. The van der Waals surface area contributed by atoms with Crippen molar-refractivity contribution in [1.29, 1.82) is 0 Å². The number of aliphatic carboxylic acids is 1. The first-order valence-electron chi connectivity index (χ1n) is 17.3. The number of aliphatic hydroxyl groups is 1. The average Bonchev–Trinajstić information content (AvgIpc) is 3.03. The summed E-state index contributed by atoms with van der Waals surface area (Å²) in [6.07, 6.45) is 14.3. The number of hydrogen-bond donors (Lipinski definition) is 2. The third-order valence-corrected chi connectivity index (χ3v) is 9.18. The Morgan fingerprint density at radius 2 is 1.56 bits per heavy atom. The molecule has 3 aromatic carbocycles. The van der Waals surface area contributed by atoms with Gasteiger partial charge in [0.15, 0.2) is 0 Å². The van der Waals surface area contributed by atoms with E-state index in [0.717, 1.165) is 47.5 Å². The second-order valence-electron chi connectivity index (χ2n) is 14.2. The zero-order chi connectivity index (χ0) is 35.6. The minimum absolute atomic E-state index is 0.0200. The molecular formula is C42H58N2O3S. The molecule has 0 atom stereocenters. The van der Waals surface area contributed by atoms with Crippen molar-refractivity contribution >= 4 is 29.3 Å². The number of aryl methyl sites for hydroxylation is 1. The molecule has 0 aliphatic carbocycles. The van der Waals surface area contributed by atoms with Crippen LogP contribution in [0.25, 0.3) is 22.3 Å². The zero-order valence-corrected chi connectivity index (χ0v) is 31.8. The summed E-state index contributed by atoms with van der Waals surface area (Å²) in [7, 11) is 0. The maximum atomic E-state index is 12.0. The molecule has 2 N–H and O–H groups in total. The molecule has 6 heteroatoms. The lowest BCUT2D eigenvalue weighted by atomic mass is 9.81. The lowest BCUT2D eigenvalue weighted by Crippen LogP contribution is -2.30. The standard InChI is InChI=1S/C30H34N2O2S.C8H14.C4H10O/c1-19-8-10-22(11-9-19)28-21(3)29-25-13-12-24(31-14-6-5-7-15-31)16-23(25)18-32(35-4)30(29)20(2)26(28)17-27(33)34;1-4-5-6-7-8(2)3;1-4(2,3)5/h8-13,16H,5-7,14-15,17-18H2,1-4H3,(H,33,34);4-8H,1-3H3;5H,1-3H3/b;5-4-,7-6-;. The molecule has 2 aliphatic heterocycles. The fourth-order valence-electron chi connectivity index (χ4n) is 6.26. The number of carbonyl (C=O) groups is 1. The summed E-state index contributed by atoms with van der Waals surface area (Å²) in [4.78, 5) is 14.5. The van der Waals surface area contributed by atoms with Crippen molar-refractivity contribution < 1.29 is 15.0 Å². The Morgan fingerprint density at radius 3 is 2.10 bits per heavy atom. The van der Waals surface area contributed by atoms with Crippen molar-refractivity contribution in [2.24, 2.45) is 5.92 Å². The van der Waals surface area contributed by atoms with E-state index in [1.807, 2.05) is 19.1 Å². The van der Waals surface area contributed by atoms with Gasteiger partial charge in [-0.05, 0) is 125 Å². The number of nitrogens with zero attached hydrogens (tertiary/aromatic N) is 2. The first-order chi connectivity index (χ1) is 22.7. The van der Waals surface area contributed by atoms with Crippen molar-refractivity contribution in [2.45, 2.75) is 100 Å². The molecule has 1 fully saturated rings. The molecule has 0 bridgehead atoms. The third kappa shape index (κ3) is 10.8. The molecule has 48 heavy (non-hydrogen) atoms.